The van der Waals surface area contributed by atoms with E-state index < -0.39 is 21.6 Å². The summed E-state index contributed by atoms with van der Waals surface area (Å²) in [6.07, 6.45) is 1.26. The summed E-state index contributed by atoms with van der Waals surface area (Å²) in [6, 6.07) is 14.6. The normalized spacial score (nSPS) is 11.2. The number of nitrogens with one attached hydrogen (secondary N) is 1. The Morgan fingerprint density at radius 2 is 1.68 bits per heavy atom. The van der Waals surface area contributed by atoms with Crippen LogP contribution in [0.3, 0.4) is 0 Å². The van der Waals surface area contributed by atoms with Gasteiger partial charge in [-0.1, -0.05) is 18.2 Å². The molecule has 1 heterocycles. The second kappa shape index (κ2) is 6.90. The molecule has 0 saturated carbocycles. The Balaban J connectivity index is 1.80. The van der Waals surface area contributed by atoms with Crippen molar-refractivity contribution in [3.63, 3.8) is 0 Å². The van der Waals surface area contributed by atoms with Crippen molar-refractivity contribution in [2.24, 2.45) is 0 Å². The number of benzene rings is 2. The molecular formula is C18H14FNO4S. The van der Waals surface area contributed by atoms with Gasteiger partial charge in [-0.3, -0.25) is 4.79 Å². The molecule has 0 radical (unpaired) electrons. The van der Waals surface area contributed by atoms with E-state index in [1.807, 2.05) is 0 Å². The number of carbonyl (C=O) groups is 1. The fraction of sp³-hybridized carbons (Fsp3) is 0.0556. The lowest BCUT2D eigenvalue weighted by atomic mass is 10.2. The molecule has 0 aliphatic heterocycles. The van der Waals surface area contributed by atoms with Crippen LogP contribution in [0.5, 0.6) is 0 Å². The highest BCUT2D eigenvalue weighted by Gasteiger charge is 2.22. The van der Waals surface area contributed by atoms with Gasteiger partial charge >= 0.3 is 0 Å². The largest absolute Gasteiger partial charge is 0.459 e. The maximum Gasteiger partial charge on any atom is 0.291 e. The lowest BCUT2D eigenvalue weighted by Gasteiger charge is -2.06. The van der Waals surface area contributed by atoms with Crippen molar-refractivity contribution >= 4 is 21.4 Å². The van der Waals surface area contributed by atoms with Crippen LogP contribution < -0.4 is 5.32 Å². The van der Waals surface area contributed by atoms with Crippen LogP contribution in [0.2, 0.25) is 0 Å². The minimum absolute atomic E-state index is 0.0937. The van der Waals surface area contributed by atoms with E-state index in [4.69, 9.17) is 4.42 Å². The van der Waals surface area contributed by atoms with E-state index in [1.54, 1.807) is 18.2 Å². The van der Waals surface area contributed by atoms with E-state index >= 15 is 0 Å². The van der Waals surface area contributed by atoms with E-state index in [0.717, 1.165) is 0 Å². The molecule has 0 spiro atoms. The quantitative estimate of drug-likeness (QED) is 0.754. The third-order valence-electron chi connectivity index (χ3n) is 3.50. The maximum atomic E-state index is 12.9. The summed E-state index contributed by atoms with van der Waals surface area (Å²) in [5.41, 5.74) is 0.628. The Bertz CT molecular complexity index is 979. The van der Waals surface area contributed by atoms with Crippen LogP contribution in [0.15, 0.2) is 76.2 Å². The first-order valence-corrected chi connectivity index (χ1v) is 9.02. The highest BCUT2D eigenvalue weighted by Crippen LogP contribution is 2.21. The minimum Gasteiger partial charge on any atom is -0.459 e. The van der Waals surface area contributed by atoms with Crippen molar-refractivity contribution in [3.8, 4) is 0 Å². The SMILES string of the molecule is O=C(Nc1ccc(F)cc1)c1occc1CS(=O)(=O)c1ccccc1. The number of halogens is 1. The summed E-state index contributed by atoms with van der Waals surface area (Å²) in [4.78, 5) is 12.5. The van der Waals surface area contributed by atoms with Crippen LogP contribution in [-0.2, 0) is 15.6 Å². The van der Waals surface area contributed by atoms with Gasteiger partial charge in [0.05, 0.1) is 16.9 Å². The average molecular weight is 359 g/mol. The standard InChI is InChI=1S/C18H14FNO4S/c19-14-6-8-15(9-7-14)20-18(21)17-13(10-11-24-17)12-25(22,23)16-4-2-1-3-5-16/h1-11H,12H2,(H,20,21). The van der Waals surface area contributed by atoms with Crippen LogP contribution in [0.1, 0.15) is 16.1 Å². The van der Waals surface area contributed by atoms with Gasteiger partial charge in [0.25, 0.3) is 5.91 Å². The molecule has 5 nitrogen and oxygen atoms in total. The van der Waals surface area contributed by atoms with Crippen molar-refractivity contribution in [1.82, 2.24) is 0 Å². The lowest BCUT2D eigenvalue weighted by molar-refractivity contribution is 0.0995. The minimum atomic E-state index is -3.61. The molecule has 0 aliphatic carbocycles. The van der Waals surface area contributed by atoms with Gasteiger partial charge in [-0.25, -0.2) is 12.8 Å². The molecular weight excluding hydrogens is 345 g/mol. The van der Waals surface area contributed by atoms with Gasteiger partial charge in [0.1, 0.15) is 5.82 Å². The molecule has 0 aliphatic rings. The van der Waals surface area contributed by atoms with Crippen molar-refractivity contribution in [2.45, 2.75) is 10.6 Å². The van der Waals surface area contributed by atoms with E-state index in [9.17, 15) is 17.6 Å². The number of hydrogen-bond donors (Lipinski definition) is 1. The van der Waals surface area contributed by atoms with Crippen molar-refractivity contribution < 1.29 is 22.0 Å². The number of sulfone groups is 1. The highest BCUT2D eigenvalue weighted by molar-refractivity contribution is 7.90. The Kier molecular flexibility index (Phi) is 4.67. The summed E-state index contributed by atoms with van der Waals surface area (Å²) in [7, 11) is -3.61. The molecule has 0 fully saturated rings. The molecule has 0 atom stereocenters. The molecule has 1 aromatic heterocycles. The fourth-order valence-corrected chi connectivity index (χ4v) is 3.66. The number of anilines is 1. The van der Waals surface area contributed by atoms with E-state index in [0.29, 0.717) is 5.69 Å². The maximum absolute atomic E-state index is 12.9. The smallest absolute Gasteiger partial charge is 0.291 e. The molecule has 25 heavy (non-hydrogen) atoms. The number of hydrogen-bond acceptors (Lipinski definition) is 4. The van der Waals surface area contributed by atoms with Gasteiger partial charge < -0.3 is 9.73 Å². The molecule has 1 N–H and O–H groups in total. The van der Waals surface area contributed by atoms with Gasteiger partial charge in [0.15, 0.2) is 15.6 Å². The fourth-order valence-electron chi connectivity index (χ4n) is 2.29. The second-order valence-corrected chi connectivity index (χ2v) is 7.30. The molecule has 128 valence electrons. The Labute approximate surface area is 144 Å². The topological polar surface area (TPSA) is 76.4 Å². The average Bonchev–Trinajstić information content (AvgIpc) is 3.05. The third kappa shape index (κ3) is 3.95. The zero-order valence-corrected chi connectivity index (χ0v) is 13.8. The Morgan fingerprint density at radius 3 is 2.36 bits per heavy atom. The number of rotatable bonds is 5. The van der Waals surface area contributed by atoms with Crippen LogP contribution in [0.25, 0.3) is 0 Å². The molecule has 1 amide bonds. The number of carbonyl (C=O) groups excluding carboxylic acids is 1. The molecule has 0 bridgehead atoms. The van der Waals surface area contributed by atoms with Crippen molar-refractivity contribution in [1.29, 1.82) is 0 Å². The second-order valence-electron chi connectivity index (χ2n) is 5.31. The first kappa shape index (κ1) is 16.9. The van der Waals surface area contributed by atoms with E-state index in [-0.39, 0.29) is 22.0 Å². The van der Waals surface area contributed by atoms with E-state index in [1.165, 1.54) is 48.7 Å². The predicted octanol–water partition coefficient (Wildman–Crippen LogP) is 3.64. The summed E-state index contributed by atoms with van der Waals surface area (Å²) in [6.45, 7) is 0. The summed E-state index contributed by atoms with van der Waals surface area (Å²) in [5, 5.41) is 2.54. The van der Waals surface area contributed by atoms with Crippen LogP contribution in [-0.4, -0.2) is 14.3 Å². The summed E-state index contributed by atoms with van der Waals surface area (Å²) in [5.74, 6) is -1.48. The van der Waals surface area contributed by atoms with E-state index in [2.05, 4.69) is 5.32 Å². The van der Waals surface area contributed by atoms with Crippen LogP contribution in [0, 0.1) is 5.82 Å². The predicted molar refractivity (Wildman–Crippen MR) is 90.4 cm³/mol. The third-order valence-corrected chi connectivity index (χ3v) is 5.18. The van der Waals surface area contributed by atoms with Crippen molar-refractivity contribution in [3.05, 3.63) is 84.1 Å². The van der Waals surface area contributed by atoms with Gasteiger partial charge in [-0.05, 0) is 42.5 Å². The zero-order valence-electron chi connectivity index (χ0n) is 13.0. The molecule has 3 rings (SSSR count). The molecule has 0 unspecified atom stereocenters. The number of furan rings is 1. The monoisotopic (exact) mass is 359 g/mol. The first-order valence-electron chi connectivity index (χ1n) is 7.37. The highest BCUT2D eigenvalue weighted by atomic mass is 32.2. The molecule has 2 aromatic carbocycles. The lowest BCUT2D eigenvalue weighted by Crippen LogP contribution is -2.14. The van der Waals surface area contributed by atoms with Gasteiger partial charge in [-0.15, -0.1) is 0 Å². The summed E-state index contributed by atoms with van der Waals surface area (Å²) < 4.78 is 43.0. The van der Waals surface area contributed by atoms with Gasteiger partial charge in [0.2, 0.25) is 0 Å². The summed E-state index contributed by atoms with van der Waals surface area (Å²) >= 11 is 0. The molecule has 0 saturated heterocycles. The molecule has 7 heteroatoms. The molecule has 3 aromatic rings. The first-order chi connectivity index (χ1) is 12.0. The number of amides is 1. The zero-order chi connectivity index (χ0) is 17.9. The van der Waals surface area contributed by atoms with Crippen LogP contribution >= 0.6 is 0 Å². The Hall–Kier alpha value is -2.93. The van der Waals surface area contributed by atoms with Crippen LogP contribution in [0.4, 0.5) is 10.1 Å². The van der Waals surface area contributed by atoms with Gasteiger partial charge in [-0.2, -0.15) is 0 Å². The van der Waals surface area contributed by atoms with Crippen molar-refractivity contribution in [2.75, 3.05) is 5.32 Å². The Morgan fingerprint density at radius 1 is 1.00 bits per heavy atom. The van der Waals surface area contributed by atoms with Gasteiger partial charge in [0, 0.05) is 11.3 Å².